The molecule has 1 atom stereocenters. The summed E-state index contributed by atoms with van der Waals surface area (Å²) >= 11 is 0. The number of fused-ring (bicyclic) bond motifs is 1. The van der Waals surface area contributed by atoms with Gasteiger partial charge in [0.05, 0.1) is 6.04 Å². The van der Waals surface area contributed by atoms with Crippen molar-refractivity contribution in [3.05, 3.63) is 35.9 Å². The van der Waals surface area contributed by atoms with Crippen molar-refractivity contribution < 1.29 is 19.1 Å². The molecule has 9 nitrogen and oxygen atoms in total. The molecule has 1 fully saturated rings. The van der Waals surface area contributed by atoms with Gasteiger partial charge in [0.15, 0.2) is 11.5 Å². The summed E-state index contributed by atoms with van der Waals surface area (Å²) in [6.45, 7) is 4.30. The van der Waals surface area contributed by atoms with Crippen LogP contribution in [-0.4, -0.2) is 39.4 Å². The quantitative estimate of drug-likeness (QED) is 0.733. The maximum Gasteiger partial charge on any atom is 0.251 e. The van der Waals surface area contributed by atoms with E-state index in [1.807, 2.05) is 7.05 Å². The molecule has 2 aliphatic rings. The minimum atomic E-state index is -0.177. The van der Waals surface area contributed by atoms with Crippen molar-refractivity contribution in [3.63, 3.8) is 0 Å². The number of carbonyl (C=O) groups is 2. The van der Waals surface area contributed by atoms with E-state index in [4.69, 9.17) is 9.47 Å². The number of rotatable bonds is 6. The molecule has 0 saturated heterocycles. The lowest BCUT2D eigenvalue weighted by molar-refractivity contribution is -0.127. The van der Waals surface area contributed by atoms with E-state index in [9.17, 15) is 9.59 Å². The molecule has 0 spiro atoms. The molecule has 166 valence electrons. The molecule has 0 bridgehead atoms. The van der Waals surface area contributed by atoms with Crippen molar-refractivity contribution in [2.24, 2.45) is 18.9 Å². The van der Waals surface area contributed by atoms with Gasteiger partial charge in [-0.25, -0.2) is 4.98 Å². The largest absolute Gasteiger partial charge is 0.454 e. The summed E-state index contributed by atoms with van der Waals surface area (Å²) in [5.41, 5.74) is 0.549. The number of amides is 2. The predicted molar refractivity (Wildman–Crippen MR) is 113 cm³/mol. The summed E-state index contributed by atoms with van der Waals surface area (Å²) in [5, 5.41) is 10.4. The van der Waals surface area contributed by atoms with Gasteiger partial charge >= 0.3 is 0 Å². The Labute approximate surface area is 181 Å². The second kappa shape index (κ2) is 8.95. The van der Waals surface area contributed by atoms with Gasteiger partial charge in [-0.3, -0.25) is 14.3 Å². The van der Waals surface area contributed by atoms with E-state index >= 15 is 0 Å². The van der Waals surface area contributed by atoms with Gasteiger partial charge in [0.2, 0.25) is 12.7 Å². The first-order valence-electron chi connectivity index (χ1n) is 10.8. The van der Waals surface area contributed by atoms with Crippen molar-refractivity contribution in [2.45, 2.75) is 51.6 Å². The fourth-order valence-corrected chi connectivity index (χ4v) is 4.19. The van der Waals surface area contributed by atoms with Gasteiger partial charge in [-0.15, -0.1) is 0 Å². The fraction of sp³-hybridized carbons (Fsp3) is 0.545. The van der Waals surface area contributed by atoms with Gasteiger partial charge < -0.3 is 20.1 Å². The Balaban J connectivity index is 1.29. The highest BCUT2D eigenvalue weighted by Crippen LogP contribution is 2.33. The molecule has 1 aromatic heterocycles. The lowest BCUT2D eigenvalue weighted by Crippen LogP contribution is -2.42. The fourth-order valence-electron chi connectivity index (χ4n) is 4.19. The third kappa shape index (κ3) is 4.65. The average molecular weight is 428 g/mol. The van der Waals surface area contributed by atoms with Crippen LogP contribution >= 0.6 is 0 Å². The highest BCUT2D eigenvalue weighted by atomic mass is 16.7. The highest BCUT2D eigenvalue weighted by molar-refractivity contribution is 5.95. The zero-order valence-electron chi connectivity index (χ0n) is 18.1. The number of carbonyl (C=O) groups excluding carboxylic acids is 2. The predicted octanol–water partition coefficient (Wildman–Crippen LogP) is 2.35. The van der Waals surface area contributed by atoms with Gasteiger partial charge in [-0.2, -0.15) is 5.10 Å². The average Bonchev–Trinajstić information content (AvgIpc) is 3.40. The van der Waals surface area contributed by atoms with E-state index in [1.54, 1.807) is 22.9 Å². The van der Waals surface area contributed by atoms with Crippen LogP contribution in [0.3, 0.4) is 0 Å². The monoisotopic (exact) mass is 427 g/mol. The number of aryl methyl sites for hydroxylation is 1. The third-order valence-electron chi connectivity index (χ3n) is 6.06. The number of hydrogen-bond donors (Lipinski definition) is 2. The number of nitrogens with one attached hydrogen (secondary N) is 2. The molecule has 2 amide bonds. The summed E-state index contributed by atoms with van der Waals surface area (Å²) in [7, 11) is 1.83. The second-order valence-corrected chi connectivity index (χ2v) is 8.56. The molecule has 1 unspecified atom stereocenters. The van der Waals surface area contributed by atoms with Crippen LogP contribution in [0, 0.1) is 11.8 Å². The summed E-state index contributed by atoms with van der Waals surface area (Å²) in [6.07, 6.45) is 4.52. The van der Waals surface area contributed by atoms with Crippen LogP contribution in [0.4, 0.5) is 0 Å². The Hall–Kier alpha value is -3.10. The van der Waals surface area contributed by atoms with Crippen LogP contribution < -0.4 is 20.1 Å². The van der Waals surface area contributed by atoms with Crippen molar-refractivity contribution in [2.75, 3.05) is 6.79 Å². The SMILES string of the molecule is CC(C)C(NC(=O)C1CCC(NC(=O)c2ccc3c(c2)OCO3)CC1)c1ncnn1C. The van der Waals surface area contributed by atoms with Crippen molar-refractivity contribution >= 4 is 11.8 Å². The molecular weight excluding hydrogens is 398 g/mol. The first-order valence-corrected chi connectivity index (χ1v) is 10.8. The number of nitrogens with zero attached hydrogens (tertiary/aromatic N) is 3. The van der Waals surface area contributed by atoms with Crippen LogP contribution in [0.2, 0.25) is 0 Å². The summed E-state index contributed by atoms with van der Waals surface area (Å²) < 4.78 is 12.3. The van der Waals surface area contributed by atoms with E-state index in [1.165, 1.54) is 6.33 Å². The molecule has 9 heteroatoms. The first-order chi connectivity index (χ1) is 14.9. The van der Waals surface area contributed by atoms with Crippen LogP contribution in [0.15, 0.2) is 24.5 Å². The van der Waals surface area contributed by atoms with Gasteiger partial charge in [0.1, 0.15) is 12.2 Å². The van der Waals surface area contributed by atoms with Crippen molar-refractivity contribution in [1.29, 1.82) is 0 Å². The third-order valence-corrected chi connectivity index (χ3v) is 6.06. The van der Waals surface area contributed by atoms with Crippen LogP contribution in [0.1, 0.15) is 61.8 Å². The maximum absolute atomic E-state index is 12.9. The Morgan fingerprint density at radius 2 is 1.87 bits per heavy atom. The lowest BCUT2D eigenvalue weighted by Gasteiger charge is -2.30. The molecule has 1 aliphatic carbocycles. The van der Waals surface area contributed by atoms with Gasteiger partial charge in [-0.05, 0) is 49.8 Å². The molecule has 1 aliphatic heterocycles. The molecule has 1 aromatic carbocycles. The highest BCUT2D eigenvalue weighted by Gasteiger charge is 2.31. The molecule has 1 saturated carbocycles. The van der Waals surface area contributed by atoms with E-state index in [2.05, 4.69) is 34.6 Å². The van der Waals surface area contributed by atoms with E-state index in [-0.39, 0.29) is 42.5 Å². The number of hydrogen-bond acceptors (Lipinski definition) is 6. The summed E-state index contributed by atoms with van der Waals surface area (Å²) in [4.78, 5) is 29.8. The van der Waals surface area contributed by atoms with Crippen LogP contribution in [-0.2, 0) is 11.8 Å². The molecule has 2 heterocycles. The van der Waals surface area contributed by atoms with Gasteiger partial charge in [-0.1, -0.05) is 13.8 Å². The van der Waals surface area contributed by atoms with Crippen molar-refractivity contribution in [3.8, 4) is 11.5 Å². The molecule has 4 rings (SSSR count). The topological polar surface area (TPSA) is 107 Å². The second-order valence-electron chi connectivity index (χ2n) is 8.56. The maximum atomic E-state index is 12.9. The van der Waals surface area contributed by atoms with E-state index < -0.39 is 0 Å². The van der Waals surface area contributed by atoms with Crippen LogP contribution in [0.25, 0.3) is 0 Å². The van der Waals surface area contributed by atoms with Gasteiger partial charge in [0, 0.05) is 24.6 Å². The standard InChI is InChI=1S/C22H29N5O4/c1-13(2)19(20-23-11-24-27(20)3)26-21(28)14-4-7-16(8-5-14)25-22(29)15-6-9-17-18(10-15)31-12-30-17/h6,9-11,13-14,16,19H,4-5,7-8,12H2,1-3H3,(H,25,29)(H,26,28). The Morgan fingerprint density at radius 1 is 1.13 bits per heavy atom. The normalized spacial score (nSPS) is 21.0. The Kier molecular flexibility index (Phi) is 6.11. The van der Waals surface area contributed by atoms with E-state index in [0.717, 1.165) is 31.5 Å². The minimum Gasteiger partial charge on any atom is -0.454 e. The molecule has 0 radical (unpaired) electrons. The lowest BCUT2D eigenvalue weighted by atomic mass is 9.85. The summed E-state index contributed by atoms with van der Waals surface area (Å²) in [6, 6.07) is 5.07. The van der Waals surface area contributed by atoms with Crippen molar-refractivity contribution in [1.82, 2.24) is 25.4 Å². The zero-order valence-corrected chi connectivity index (χ0v) is 18.1. The summed E-state index contributed by atoms with van der Waals surface area (Å²) in [5.74, 6) is 2.06. The zero-order chi connectivity index (χ0) is 22.0. The Bertz CT molecular complexity index is 949. The van der Waals surface area contributed by atoms with Gasteiger partial charge in [0.25, 0.3) is 5.91 Å². The Morgan fingerprint density at radius 3 is 2.55 bits per heavy atom. The minimum absolute atomic E-state index is 0.0437. The number of benzene rings is 1. The number of aromatic nitrogens is 3. The molecular formula is C22H29N5O4. The smallest absolute Gasteiger partial charge is 0.251 e. The molecule has 2 N–H and O–H groups in total. The van der Waals surface area contributed by atoms with E-state index in [0.29, 0.717) is 17.1 Å². The molecule has 31 heavy (non-hydrogen) atoms. The molecule has 2 aromatic rings. The number of ether oxygens (including phenoxy) is 2. The van der Waals surface area contributed by atoms with Crippen LogP contribution in [0.5, 0.6) is 11.5 Å². The first kappa shape index (κ1) is 21.1.